The van der Waals surface area contributed by atoms with Gasteiger partial charge in [0.1, 0.15) is 5.76 Å². The number of anilines is 1. The van der Waals surface area contributed by atoms with E-state index in [1.807, 2.05) is 0 Å². The molecule has 0 bridgehead atoms. The van der Waals surface area contributed by atoms with Crippen LogP contribution in [0.4, 0.5) is 5.69 Å². The van der Waals surface area contributed by atoms with Crippen LogP contribution in [-0.4, -0.2) is 37.6 Å². The van der Waals surface area contributed by atoms with Gasteiger partial charge in [-0.25, -0.2) is 8.42 Å². The van der Waals surface area contributed by atoms with Gasteiger partial charge in [-0.3, -0.25) is 9.59 Å². The second-order valence-electron chi connectivity index (χ2n) is 6.70. The molecule has 8 nitrogen and oxygen atoms in total. The van der Waals surface area contributed by atoms with Crippen molar-refractivity contribution in [2.45, 2.75) is 31.2 Å². The van der Waals surface area contributed by atoms with E-state index in [0.29, 0.717) is 30.8 Å². The van der Waals surface area contributed by atoms with E-state index >= 15 is 0 Å². The molecule has 2 amide bonds. The van der Waals surface area contributed by atoms with Crippen LogP contribution >= 0.6 is 0 Å². The third kappa shape index (κ3) is 4.79. The third-order valence-electron chi connectivity index (χ3n) is 4.58. The number of furan rings is 1. The minimum absolute atomic E-state index is 0.137. The van der Waals surface area contributed by atoms with E-state index in [4.69, 9.17) is 4.42 Å². The van der Waals surface area contributed by atoms with Gasteiger partial charge < -0.3 is 15.1 Å². The summed E-state index contributed by atoms with van der Waals surface area (Å²) in [5.41, 5.74) is 0.528. The van der Waals surface area contributed by atoms with Gasteiger partial charge >= 0.3 is 0 Å². The van der Waals surface area contributed by atoms with Gasteiger partial charge in [0.05, 0.1) is 23.6 Å². The Labute approximate surface area is 164 Å². The molecule has 1 aromatic carbocycles. The highest BCUT2D eigenvalue weighted by atomic mass is 32.2. The molecule has 1 fully saturated rings. The number of rotatable bonds is 6. The SMILES string of the molecule is CC(=O)Nc1ccc(S(=O)(=O)N2CCC[C@@H](C(=O)NCc3ccco3)C2)cc1. The highest BCUT2D eigenvalue weighted by Gasteiger charge is 2.33. The Kier molecular flexibility index (Phi) is 6.15. The smallest absolute Gasteiger partial charge is 0.243 e. The van der Waals surface area contributed by atoms with Crippen LogP contribution in [-0.2, 0) is 26.2 Å². The molecule has 1 aromatic heterocycles. The number of hydrogen-bond acceptors (Lipinski definition) is 5. The Morgan fingerprint density at radius 3 is 2.61 bits per heavy atom. The highest BCUT2D eigenvalue weighted by molar-refractivity contribution is 7.89. The van der Waals surface area contributed by atoms with Crippen LogP contribution in [0.1, 0.15) is 25.5 Å². The van der Waals surface area contributed by atoms with Crippen LogP contribution in [0.25, 0.3) is 0 Å². The standard InChI is InChI=1S/C19H23N3O5S/c1-14(23)21-16-6-8-18(9-7-16)28(25,26)22-10-2-4-15(13-22)19(24)20-12-17-5-3-11-27-17/h3,5-9,11,15H,2,4,10,12-13H2,1H3,(H,20,24)(H,21,23)/t15-/m1/s1. The second-order valence-corrected chi connectivity index (χ2v) is 8.64. The van der Waals surface area contributed by atoms with Crippen LogP contribution < -0.4 is 10.6 Å². The lowest BCUT2D eigenvalue weighted by Crippen LogP contribution is -2.45. The van der Waals surface area contributed by atoms with E-state index in [2.05, 4.69) is 10.6 Å². The summed E-state index contributed by atoms with van der Waals surface area (Å²) in [6.07, 6.45) is 2.78. The van der Waals surface area contributed by atoms with Crippen molar-refractivity contribution in [2.75, 3.05) is 18.4 Å². The minimum Gasteiger partial charge on any atom is -0.467 e. The monoisotopic (exact) mass is 405 g/mol. The molecule has 0 saturated carbocycles. The first-order chi connectivity index (χ1) is 13.4. The summed E-state index contributed by atoms with van der Waals surface area (Å²) in [5, 5.41) is 5.40. The summed E-state index contributed by atoms with van der Waals surface area (Å²) in [7, 11) is -3.71. The highest BCUT2D eigenvalue weighted by Crippen LogP contribution is 2.25. The zero-order chi connectivity index (χ0) is 20.1. The normalized spacial score (nSPS) is 17.8. The molecular formula is C19H23N3O5S. The third-order valence-corrected chi connectivity index (χ3v) is 6.46. The molecule has 150 valence electrons. The van der Waals surface area contributed by atoms with Gasteiger partial charge in [0.15, 0.2) is 0 Å². The predicted molar refractivity (Wildman–Crippen MR) is 103 cm³/mol. The number of nitrogens with one attached hydrogen (secondary N) is 2. The number of benzene rings is 1. The number of nitrogens with zero attached hydrogens (tertiary/aromatic N) is 1. The van der Waals surface area contributed by atoms with Gasteiger partial charge in [-0.05, 0) is 49.2 Å². The van der Waals surface area contributed by atoms with Crippen molar-refractivity contribution < 1.29 is 22.4 Å². The van der Waals surface area contributed by atoms with E-state index in [0.717, 1.165) is 0 Å². The van der Waals surface area contributed by atoms with Gasteiger partial charge in [0, 0.05) is 25.7 Å². The van der Waals surface area contributed by atoms with Gasteiger partial charge in [0.25, 0.3) is 0 Å². The van der Waals surface area contributed by atoms with E-state index < -0.39 is 15.9 Å². The fourth-order valence-corrected chi connectivity index (χ4v) is 4.69. The van der Waals surface area contributed by atoms with Crippen molar-refractivity contribution in [3.8, 4) is 0 Å². The molecule has 2 heterocycles. The van der Waals surface area contributed by atoms with E-state index in [9.17, 15) is 18.0 Å². The maximum Gasteiger partial charge on any atom is 0.243 e. The topological polar surface area (TPSA) is 109 Å². The fourth-order valence-electron chi connectivity index (χ4n) is 3.17. The number of sulfonamides is 1. The Balaban J connectivity index is 1.64. The maximum atomic E-state index is 12.9. The first-order valence-electron chi connectivity index (χ1n) is 9.04. The molecule has 0 unspecified atom stereocenters. The summed E-state index contributed by atoms with van der Waals surface area (Å²) in [6.45, 7) is 2.17. The quantitative estimate of drug-likeness (QED) is 0.764. The summed E-state index contributed by atoms with van der Waals surface area (Å²) in [6, 6.07) is 9.52. The molecule has 0 spiro atoms. The molecule has 2 aromatic rings. The molecular weight excluding hydrogens is 382 g/mol. The summed E-state index contributed by atoms with van der Waals surface area (Å²) in [5.74, 6) is -0.169. The van der Waals surface area contributed by atoms with Crippen LogP contribution in [0.2, 0.25) is 0 Å². The number of piperidine rings is 1. The molecule has 9 heteroatoms. The van der Waals surface area contributed by atoms with Gasteiger partial charge in [-0.2, -0.15) is 4.31 Å². The number of carbonyl (C=O) groups excluding carboxylic acids is 2. The van der Waals surface area contributed by atoms with E-state index in [1.54, 1.807) is 24.3 Å². The van der Waals surface area contributed by atoms with Crippen molar-refractivity contribution in [2.24, 2.45) is 5.92 Å². The van der Waals surface area contributed by atoms with E-state index in [-0.39, 0.29) is 29.8 Å². The van der Waals surface area contributed by atoms with Crippen LogP contribution in [0.3, 0.4) is 0 Å². The number of carbonyl (C=O) groups is 2. The average molecular weight is 405 g/mol. The van der Waals surface area contributed by atoms with Crippen LogP contribution in [0, 0.1) is 5.92 Å². The zero-order valence-corrected chi connectivity index (χ0v) is 16.4. The van der Waals surface area contributed by atoms with Crippen LogP contribution in [0.15, 0.2) is 52.0 Å². The Hall–Kier alpha value is -2.65. The molecule has 28 heavy (non-hydrogen) atoms. The average Bonchev–Trinajstić information content (AvgIpc) is 3.20. The lowest BCUT2D eigenvalue weighted by Gasteiger charge is -2.31. The molecule has 0 radical (unpaired) electrons. The Morgan fingerprint density at radius 2 is 1.96 bits per heavy atom. The molecule has 1 aliphatic heterocycles. The van der Waals surface area contributed by atoms with E-state index in [1.165, 1.54) is 29.6 Å². The lowest BCUT2D eigenvalue weighted by atomic mass is 9.99. The largest absolute Gasteiger partial charge is 0.467 e. The second kappa shape index (κ2) is 8.57. The molecule has 2 N–H and O–H groups in total. The fraction of sp³-hybridized carbons (Fsp3) is 0.368. The van der Waals surface area contributed by atoms with Crippen molar-refractivity contribution in [3.05, 3.63) is 48.4 Å². The lowest BCUT2D eigenvalue weighted by molar-refractivity contribution is -0.126. The van der Waals surface area contributed by atoms with Gasteiger partial charge in [-0.15, -0.1) is 0 Å². The summed E-state index contributed by atoms with van der Waals surface area (Å²) >= 11 is 0. The van der Waals surface area contributed by atoms with Crippen molar-refractivity contribution >= 4 is 27.5 Å². The van der Waals surface area contributed by atoms with Gasteiger partial charge in [-0.1, -0.05) is 0 Å². The molecule has 1 saturated heterocycles. The van der Waals surface area contributed by atoms with Crippen molar-refractivity contribution in [1.82, 2.24) is 9.62 Å². The first kappa shape index (κ1) is 20.1. The summed E-state index contributed by atoms with van der Waals surface area (Å²) in [4.78, 5) is 23.7. The summed E-state index contributed by atoms with van der Waals surface area (Å²) < 4.78 is 32.4. The maximum absolute atomic E-state index is 12.9. The Morgan fingerprint density at radius 1 is 1.21 bits per heavy atom. The zero-order valence-electron chi connectivity index (χ0n) is 15.6. The van der Waals surface area contributed by atoms with Gasteiger partial charge in [0.2, 0.25) is 21.8 Å². The Bertz CT molecular complexity index is 923. The molecule has 3 rings (SSSR count). The minimum atomic E-state index is -3.71. The first-order valence-corrected chi connectivity index (χ1v) is 10.5. The number of hydrogen-bond donors (Lipinski definition) is 2. The predicted octanol–water partition coefficient (Wildman–Crippen LogP) is 1.96. The molecule has 1 atom stereocenters. The van der Waals surface area contributed by atoms with Crippen molar-refractivity contribution in [1.29, 1.82) is 0 Å². The van der Waals surface area contributed by atoms with Crippen molar-refractivity contribution in [3.63, 3.8) is 0 Å². The molecule has 0 aliphatic carbocycles. The molecule has 1 aliphatic rings. The van der Waals surface area contributed by atoms with Crippen LogP contribution in [0.5, 0.6) is 0 Å². The number of amides is 2.